The Morgan fingerprint density at radius 2 is 1.93 bits per heavy atom. The molecule has 3 nitrogen and oxygen atoms in total. The summed E-state index contributed by atoms with van der Waals surface area (Å²) in [6.45, 7) is 2.63. The molecule has 77 valence electrons. The van der Waals surface area contributed by atoms with Crippen molar-refractivity contribution >= 4 is 24.8 Å². The minimum absolute atomic E-state index is 0. The van der Waals surface area contributed by atoms with Crippen molar-refractivity contribution in [3.8, 4) is 0 Å². The molecule has 0 spiro atoms. The van der Waals surface area contributed by atoms with Crippen molar-refractivity contribution in [2.45, 2.75) is 13.5 Å². The van der Waals surface area contributed by atoms with Crippen molar-refractivity contribution in [3.05, 3.63) is 35.9 Å². The smallest absolute Gasteiger partial charge is 0.332 e. The largest absolute Gasteiger partial charge is 0.464 e. The van der Waals surface area contributed by atoms with Crippen LogP contribution in [0.4, 0.5) is 0 Å². The Kier molecular flexibility index (Phi) is 8.12. The first kappa shape index (κ1) is 14.2. The van der Waals surface area contributed by atoms with Crippen LogP contribution in [0.1, 0.15) is 12.5 Å². The normalized spacial score (nSPS) is 9.13. The SMILES string of the molecule is CCOC(=O)COCc1ccccc1.[Li]. The van der Waals surface area contributed by atoms with Gasteiger partial charge in [0.15, 0.2) is 0 Å². The number of hydrogen-bond acceptors (Lipinski definition) is 3. The molecule has 0 N–H and O–H groups in total. The summed E-state index contributed by atoms with van der Waals surface area (Å²) in [5, 5.41) is 0. The molecule has 0 saturated carbocycles. The predicted molar refractivity (Wildman–Crippen MR) is 58.5 cm³/mol. The van der Waals surface area contributed by atoms with Crippen LogP contribution in [0, 0.1) is 0 Å². The van der Waals surface area contributed by atoms with Gasteiger partial charge in [0.1, 0.15) is 6.61 Å². The molecule has 0 aromatic heterocycles. The Labute approximate surface area is 102 Å². The van der Waals surface area contributed by atoms with Gasteiger partial charge < -0.3 is 9.47 Å². The minimum Gasteiger partial charge on any atom is -0.464 e. The van der Waals surface area contributed by atoms with Gasteiger partial charge in [-0.2, -0.15) is 0 Å². The van der Waals surface area contributed by atoms with Crippen LogP contribution in [-0.2, 0) is 20.9 Å². The second kappa shape index (κ2) is 8.55. The number of ether oxygens (including phenoxy) is 2. The number of esters is 1. The van der Waals surface area contributed by atoms with Gasteiger partial charge in [-0.05, 0) is 12.5 Å². The minimum atomic E-state index is -0.316. The molecule has 0 saturated heterocycles. The first-order valence-electron chi connectivity index (χ1n) is 4.60. The number of carbonyl (C=O) groups excluding carboxylic acids is 1. The van der Waals surface area contributed by atoms with Gasteiger partial charge in [0, 0.05) is 18.9 Å². The van der Waals surface area contributed by atoms with Crippen molar-refractivity contribution in [3.63, 3.8) is 0 Å². The summed E-state index contributed by atoms with van der Waals surface area (Å²) < 4.78 is 9.88. The average Bonchev–Trinajstić information content (AvgIpc) is 2.20. The standard InChI is InChI=1S/C11H14O3.Li/c1-2-14-11(12)9-13-8-10-6-4-3-5-7-10;/h3-7H,2,8-9H2,1H3;. The second-order valence-electron chi connectivity index (χ2n) is 2.78. The van der Waals surface area contributed by atoms with Gasteiger partial charge in [0.05, 0.1) is 13.2 Å². The van der Waals surface area contributed by atoms with Gasteiger partial charge in [-0.3, -0.25) is 0 Å². The third-order valence-corrected chi connectivity index (χ3v) is 1.64. The number of carbonyl (C=O) groups is 1. The number of rotatable bonds is 5. The Morgan fingerprint density at radius 1 is 1.27 bits per heavy atom. The molecule has 4 heteroatoms. The molecule has 1 rings (SSSR count). The topological polar surface area (TPSA) is 35.5 Å². The van der Waals surface area contributed by atoms with Crippen molar-refractivity contribution in [2.75, 3.05) is 13.2 Å². The van der Waals surface area contributed by atoms with E-state index < -0.39 is 0 Å². The number of benzene rings is 1. The monoisotopic (exact) mass is 201 g/mol. The van der Waals surface area contributed by atoms with E-state index in [1.807, 2.05) is 30.3 Å². The second-order valence-corrected chi connectivity index (χ2v) is 2.78. The van der Waals surface area contributed by atoms with E-state index in [2.05, 4.69) is 0 Å². The van der Waals surface area contributed by atoms with Crippen LogP contribution >= 0.6 is 0 Å². The predicted octanol–water partition coefficient (Wildman–Crippen LogP) is 1.39. The van der Waals surface area contributed by atoms with E-state index in [-0.39, 0.29) is 31.4 Å². The molecule has 15 heavy (non-hydrogen) atoms. The van der Waals surface area contributed by atoms with Crippen LogP contribution in [0.5, 0.6) is 0 Å². The Hall–Kier alpha value is -0.753. The van der Waals surface area contributed by atoms with E-state index in [1.165, 1.54) is 0 Å². The molecule has 0 heterocycles. The summed E-state index contributed by atoms with van der Waals surface area (Å²) in [7, 11) is 0. The summed E-state index contributed by atoms with van der Waals surface area (Å²) in [6, 6.07) is 9.71. The van der Waals surface area contributed by atoms with Crippen LogP contribution in [0.25, 0.3) is 0 Å². The molecule has 0 unspecified atom stereocenters. The summed E-state index contributed by atoms with van der Waals surface area (Å²) >= 11 is 0. The van der Waals surface area contributed by atoms with E-state index in [1.54, 1.807) is 6.92 Å². The van der Waals surface area contributed by atoms with Gasteiger partial charge in [0.25, 0.3) is 0 Å². The maximum absolute atomic E-state index is 10.9. The maximum Gasteiger partial charge on any atom is 0.332 e. The van der Waals surface area contributed by atoms with Gasteiger partial charge in [-0.25, -0.2) is 4.79 Å². The fourth-order valence-electron chi connectivity index (χ4n) is 1.03. The average molecular weight is 201 g/mol. The zero-order chi connectivity index (χ0) is 10.2. The molecule has 0 aliphatic carbocycles. The molecular formula is C11H14LiO3. The molecular weight excluding hydrogens is 187 g/mol. The molecule has 0 aliphatic rings. The van der Waals surface area contributed by atoms with Gasteiger partial charge in [-0.15, -0.1) is 0 Å². The molecule has 1 aromatic rings. The molecule has 0 bridgehead atoms. The summed E-state index contributed by atoms with van der Waals surface area (Å²) in [6.07, 6.45) is 0. The maximum atomic E-state index is 10.9. The molecule has 1 aromatic carbocycles. The van der Waals surface area contributed by atoms with E-state index in [9.17, 15) is 4.79 Å². The molecule has 0 atom stereocenters. The third-order valence-electron chi connectivity index (χ3n) is 1.64. The van der Waals surface area contributed by atoms with E-state index in [0.29, 0.717) is 13.2 Å². The van der Waals surface area contributed by atoms with Gasteiger partial charge in [-0.1, -0.05) is 30.3 Å². The van der Waals surface area contributed by atoms with Crippen LogP contribution < -0.4 is 0 Å². The molecule has 1 radical (unpaired) electrons. The molecule has 0 amide bonds. The first-order valence-corrected chi connectivity index (χ1v) is 4.60. The van der Waals surface area contributed by atoms with Crippen LogP contribution in [0.3, 0.4) is 0 Å². The fourth-order valence-corrected chi connectivity index (χ4v) is 1.03. The summed E-state index contributed by atoms with van der Waals surface area (Å²) in [5.74, 6) is -0.316. The van der Waals surface area contributed by atoms with Crippen LogP contribution in [-0.4, -0.2) is 38.0 Å². The van der Waals surface area contributed by atoms with Crippen molar-refractivity contribution in [1.29, 1.82) is 0 Å². The van der Waals surface area contributed by atoms with Crippen molar-refractivity contribution in [2.24, 2.45) is 0 Å². The van der Waals surface area contributed by atoms with E-state index in [4.69, 9.17) is 9.47 Å². The zero-order valence-electron chi connectivity index (χ0n) is 9.23. The van der Waals surface area contributed by atoms with Gasteiger partial charge >= 0.3 is 5.97 Å². The Bertz CT molecular complexity index is 274. The van der Waals surface area contributed by atoms with Crippen molar-refractivity contribution in [1.82, 2.24) is 0 Å². The quantitative estimate of drug-likeness (QED) is 0.533. The summed E-state index contributed by atoms with van der Waals surface area (Å²) in [5.41, 5.74) is 1.05. The Morgan fingerprint density at radius 3 is 2.53 bits per heavy atom. The zero-order valence-corrected chi connectivity index (χ0v) is 9.23. The van der Waals surface area contributed by atoms with Gasteiger partial charge in [0.2, 0.25) is 0 Å². The fraction of sp³-hybridized carbons (Fsp3) is 0.364. The number of hydrogen-bond donors (Lipinski definition) is 0. The van der Waals surface area contributed by atoms with E-state index in [0.717, 1.165) is 5.56 Å². The Balaban J connectivity index is 0.00000196. The van der Waals surface area contributed by atoms with Crippen LogP contribution in [0.15, 0.2) is 30.3 Å². The molecule has 0 fully saturated rings. The summed E-state index contributed by atoms with van der Waals surface area (Å²) in [4.78, 5) is 10.9. The third kappa shape index (κ3) is 6.35. The first-order chi connectivity index (χ1) is 6.83. The van der Waals surface area contributed by atoms with Crippen LogP contribution in [0.2, 0.25) is 0 Å². The molecule has 0 aliphatic heterocycles. The van der Waals surface area contributed by atoms with Crippen molar-refractivity contribution < 1.29 is 14.3 Å². The van der Waals surface area contributed by atoms with E-state index >= 15 is 0 Å².